The largest absolute Gasteiger partial charge is 0.495 e. The van der Waals surface area contributed by atoms with Gasteiger partial charge in [0.05, 0.1) is 18.5 Å². The van der Waals surface area contributed by atoms with E-state index < -0.39 is 16.6 Å². The number of hydrogen-bond acceptors (Lipinski definition) is 4. The highest BCUT2D eigenvalue weighted by Crippen LogP contribution is 2.28. The van der Waals surface area contributed by atoms with E-state index in [0.717, 1.165) is 0 Å². The first-order valence-corrected chi connectivity index (χ1v) is 7.27. The van der Waals surface area contributed by atoms with Crippen molar-refractivity contribution in [3.8, 4) is 5.75 Å². The summed E-state index contributed by atoms with van der Waals surface area (Å²) in [6, 6.07) is 2.75. The van der Waals surface area contributed by atoms with Crippen LogP contribution in [0.25, 0.3) is 0 Å². The summed E-state index contributed by atoms with van der Waals surface area (Å²) in [5.41, 5.74) is 6.19. The Morgan fingerprint density at radius 1 is 1.56 bits per heavy atom. The number of rotatable bonds is 6. The van der Waals surface area contributed by atoms with E-state index >= 15 is 0 Å². The van der Waals surface area contributed by atoms with Crippen molar-refractivity contribution in [3.63, 3.8) is 0 Å². The lowest BCUT2D eigenvalue weighted by atomic mass is 10.2. The fraction of sp³-hybridized carbons (Fsp3) is 0.500. The number of anilines is 2. The summed E-state index contributed by atoms with van der Waals surface area (Å²) in [4.78, 5) is 0. The standard InChI is InChI=1S/C12H19FN2O2S/c1-8(18(3)16)4-5-15-11-7-12(17-2)10(14)6-9(11)13/h6-8,15H,4-5,14H2,1-3H3. The Kier molecular flexibility index (Phi) is 5.40. The number of nitrogens with two attached hydrogens (primary N) is 1. The molecule has 0 saturated heterocycles. The van der Waals surface area contributed by atoms with E-state index in [1.54, 1.807) is 6.26 Å². The summed E-state index contributed by atoms with van der Waals surface area (Å²) in [5.74, 6) is 0.0181. The topological polar surface area (TPSA) is 64.3 Å². The molecule has 0 radical (unpaired) electrons. The molecule has 6 heteroatoms. The lowest BCUT2D eigenvalue weighted by molar-refractivity contribution is 0.416. The SMILES string of the molecule is COc1cc(NCCC(C)S(C)=O)c(F)cc1N. The molecule has 2 unspecified atom stereocenters. The summed E-state index contributed by atoms with van der Waals surface area (Å²) >= 11 is 0. The predicted octanol–water partition coefficient (Wildman–Crippen LogP) is 1.99. The van der Waals surface area contributed by atoms with Crippen molar-refractivity contribution in [2.45, 2.75) is 18.6 Å². The Morgan fingerprint density at radius 2 is 2.22 bits per heavy atom. The van der Waals surface area contributed by atoms with Crippen LogP contribution in [-0.2, 0) is 10.8 Å². The van der Waals surface area contributed by atoms with E-state index in [-0.39, 0.29) is 10.9 Å². The lowest BCUT2D eigenvalue weighted by Crippen LogP contribution is -2.15. The molecule has 2 atom stereocenters. The Hall–Kier alpha value is -1.30. The number of nitrogen functional groups attached to an aromatic ring is 1. The Labute approximate surface area is 109 Å². The molecule has 0 aliphatic rings. The molecule has 1 aromatic rings. The maximum atomic E-state index is 13.6. The van der Waals surface area contributed by atoms with Crippen molar-refractivity contribution in [2.75, 3.05) is 31.0 Å². The Bertz CT molecular complexity index is 440. The minimum atomic E-state index is -0.862. The van der Waals surface area contributed by atoms with E-state index in [1.807, 2.05) is 6.92 Å². The maximum Gasteiger partial charge on any atom is 0.148 e. The second-order valence-electron chi connectivity index (χ2n) is 4.10. The Morgan fingerprint density at radius 3 is 2.78 bits per heavy atom. The van der Waals surface area contributed by atoms with Crippen LogP contribution in [0.3, 0.4) is 0 Å². The van der Waals surface area contributed by atoms with Crippen molar-refractivity contribution in [3.05, 3.63) is 17.9 Å². The zero-order chi connectivity index (χ0) is 13.7. The molecule has 0 aliphatic heterocycles. The second-order valence-corrected chi connectivity index (χ2v) is 5.90. The molecule has 0 bridgehead atoms. The number of ether oxygens (including phenoxy) is 1. The maximum absolute atomic E-state index is 13.6. The number of methoxy groups -OCH3 is 1. The number of nitrogens with one attached hydrogen (secondary N) is 1. The van der Waals surface area contributed by atoms with Crippen LogP contribution in [-0.4, -0.2) is 29.4 Å². The molecule has 0 amide bonds. The van der Waals surface area contributed by atoms with Gasteiger partial charge in [0.1, 0.15) is 11.6 Å². The van der Waals surface area contributed by atoms with Gasteiger partial charge < -0.3 is 15.8 Å². The van der Waals surface area contributed by atoms with Gasteiger partial charge in [0.15, 0.2) is 0 Å². The third kappa shape index (κ3) is 3.87. The summed E-state index contributed by atoms with van der Waals surface area (Å²) in [6.07, 6.45) is 2.37. The Balaban J connectivity index is 2.65. The molecular formula is C12H19FN2O2S. The van der Waals surface area contributed by atoms with Crippen LogP contribution in [0.15, 0.2) is 12.1 Å². The quantitative estimate of drug-likeness (QED) is 0.779. The van der Waals surface area contributed by atoms with E-state index in [1.165, 1.54) is 19.2 Å². The molecule has 102 valence electrons. The molecule has 1 rings (SSSR count). The summed E-state index contributed by atoms with van der Waals surface area (Å²) < 4.78 is 29.8. The minimum absolute atomic E-state index is 0.0799. The number of hydrogen-bond donors (Lipinski definition) is 2. The van der Waals surface area contributed by atoms with Gasteiger partial charge in [0, 0.05) is 41.0 Å². The smallest absolute Gasteiger partial charge is 0.148 e. The summed E-state index contributed by atoms with van der Waals surface area (Å²) in [7, 11) is 0.620. The van der Waals surface area contributed by atoms with E-state index in [9.17, 15) is 8.60 Å². The third-order valence-corrected chi connectivity index (χ3v) is 4.12. The van der Waals surface area contributed by atoms with E-state index in [4.69, 9.17) is 10.5 Å². The molecule has 0 fully saturated rings. The van der Waals surface area contributed by atoms with Crippen LogP contribution in [0.5, 0.6) is 5.75 Å². The lowest BCUT2D eigenvalue weighted by Gasteiger charge is -2.13. The molecule has 0 spiro atoms. The summed E-state index contributed by atoms with van der Waals surface area (Å²) in [6.45, 7) is 2.45. The second kappa shape index (κ2) is 6.58. The van der Waals surface area contributed by atoms with Crippen LogP contribution < -0.4 is 15.8 Å². The highest BCUT2D eigenvalue weighted by atomic mass is 32.2. The molecular weight excluding hydrogens is 255 g/mol. The molecule has 4 nitrogen and oxygen atoms in total. The van der Waals surface area contributed by atoms with Crippen molar-refractivity contribution >= 4 is 22.2 Å². The molecule has 0 saturated carbocycles. The molecule has 18 heavy (non-hydrogen) atoms. The summed E-state index contributed by atoms with van der Waals surface area (Å²) in [5, 5.41) is 3.04. The van der Waals surface area contributed by atoms with E-state index in [0.29, 0.717) is 24.4 Å². The van der Waals surface area contributed by atoms with Gasteiger partial charge in [-0.15, -0.1) is 0 Å². The van der Waals surface area contributed by atoms with Crippen LogP contribution in [0, 0.1) is 5.82 Å². The first kappa shape index (κ1) is 14.8. The van der Waals surface area contributed by atoms with Gasteiger partial charge in [0.2, 0.25) is 0 Å². The predicted molar refractivity (Wildman–Crippen MR) is 74.0 cm³/mol. The zero-order valence-electron chi connectivity index (χ0n) is 10.8. The minimum Gasteiger partial charge on any atom is -0.495 e. The van der Waals surface area contributed by atoms with Crippen LogP contribution in [0.1, 0.15) is 13.3 Å². The molecule has 3 N–H and O–H groups in total. The molecule has 0 heterocycles. The molecule has 0 aromatic heterocycles. The molecule has 1 aromatic carbocycles. The van der Waals surface area contributed by atoms with Gasteiger partial charge in [-0.25, -0.2) is 4.39 Å². The van der Waals surface area contributed by atoms with Crippen molar-refractivity contribution in [2.24, 2.45) is 0 Å². The number of halogens is 1. The van der Waals surface area contributed by atoms with Crippen LogP contribution >= 0.6 is 0 Å². The third-order valence-electron chi connectivity index (χ3n) is 2.75. The number of benzene rings is 1. The van der Waals surface area contributed by atoms with Crippen molar-refractivity contribution < 1.29 is 13.3 Å². The average molecular weight is 274 g/mol. The molecule has 0 aliphatic carbocycles. The van der Waals surface area contributed by atoms with Gasteiger partial charge in [-0.05, 0) is 6.42 Å². The fourth-order valence-corrected chi connectivity index (χ4v) is 1.91. The van der Waals surface area contributed by atoms with Gasteiger partial charge >= 0.3 is 0 Å². The van der Waals surface area contributed by atoms with Crippen molar-refractivity contribution in [1.82, 2.24) is 0 Å². The van der Waals surface area contributed by atoms with Crippen LogP contribution in [0.4, 0.5) is 15.8 Å². The van der Waals surface area contributed by atoms with Gasteiger partial charge in [-0.1, -0.05) is 6.92 Å². The first-order chi connectivity index (χ1) is 8.45. The monoisotopic (exact) mass is 274 g/mol. The highest BCUT2D eigenvalue weighted by molar-refractivity contribution is 7.84. The normalized spacial score (nSPS) is 14.0. The average Bonchev–Trinajstić information content (AvgIpc) is 2.31. The zero-order valence-corrected chi connectivity index (χ0v) is 11.6. The fourth-order valence-electron chi connectivity index (χ4n) is 1.46. The van der Waals surface area contributed by atoms with Gasteiger partial charge in [-0.3, -0.25) is 4.21 Å². The highest BCUT2D eigenvalue weighted by Gasteiger charge is 2.09. The van der Waals surface area contributed by atoms with Gasteiger partial charge in [0.25, 0.3) is 0 Å². The first-order valence-electron chi connectivity index (χ1n) is 5.64. The van der Waals surface area contributed by atoms with Crippen LogP contribution in [0.2, 0.25) is 0 Å². The van der Waals surface area contributed by atoms with Crippen molar-refractivity contribution in [1.29, 1.82) is 0 Å². The van der Waals surface area contributed by atoms with E-state index in [2.05, 4.69) is 5.32 Å². The van der Waals surface area contributed by atoms with Gasteiger partial charge in [-0.2, -0.15) is 0 Å².